The van der Waals surface area contributed by atoms with Gasteiger partial charge in [0.1, 0.15) is 23.2 Å². The third-order valence-electron chi connectivity index (χ3n) is 4.45. The molecule has 0 spiro atoms. The van der Waals surface area contributed by atoms with E-state index in [1.54, 1.807) is 42.7 Å². The van der Waals surface area contributed by atoms with Gasteiger partial charge in [-0.2, -0.15) is 5.26 Å². The van der Waals surface area contributed by atoms with Crippen LogP contribution in [-0.2, 0) is 6.61 Å². The zero-order valence-electron chi connectivity index (χ0n) is 17.0. The number of halogens is 2. The topological polar surface area (TPSA) is 93.8 Å². The summed E-state index contributed by atoms with van der Waals surface area (Å²) in [6, 6.07) is 9.53. The number of benzene rings is 1. The highest BCUT2D eigenvalue weighted by Gasteiger charge is 2.21. The first-order valence-corrected chi connectivity index (χ1v) is 10.1. The van der Waals surface area contributed by atoms with Crippen LogP contribution in [0.15, 0.2) is 42.7 Å². The van der Waals surface area contributed by atoms with Crippen molar-refractivity contribution in [1.29, 1.82) is 5.26 Å². The molecule has 160 valence electrons. The number of hydrogen-bond acceptors (Lipinski definition) is 8. The van der Waals surface area contributed by atoms with Gasteiger partial charge in [-0.1, -0.05) is 6.07 Å². The molecule has 0 aliphatic carbocycles. The first-order chi connectivity index (χ1) is 15.5. The van der Waals surface area contributed by atoms with Gasteiger partial charge in [0, 0.05) is 18.0 Å². The van der Waals surface area contributed by atoms with E-state index < -0.39 is 22.9 Å². The van der Waals surface area contributed by atoms with Crippen LogP contribution in [0.5, 0.6) is 11.8 Å². The Kier molecular flexibility index (Phi) is 6.00. The van der Waals surface area contributed by atoms with Crippen molar-refractivity contribution < 1.29 is 18.3 Å². The number of rotatable bonds is 6. The molecule has 0 fully saturated rings. The van der Waals surface area contributed by atoms with Crippen molar-refractivity contribution in [2.75, 3.05) is 7.11 Å². The average Bonchev–Trinajstić information content (AvgIpc) is 3.19. The molecule has 10 heteroatoms. The van der Waals surface area contributed by atoms with E-state index in [1.807, 2.05) is 6.92 Å². The zero-order valence-corrected chi connectivity index (χ0v) is 17.8. The number of aromatic nitrogens is 4. The molecule has 0 aliphatic heterocycles. The second kappa shape index (κ2) is 9.03. The molecule has 7 nitrogen and oxygen atoms in total. The van der Waals surface area contributed by atoms with E-state index in [2.05, 4.69) is 19.9 Å². The van der Waals surface area contributed by atoms with Gasteiger partial charge in [-0.15, -0.1) is 11.3 Å². The fourth-order valence-electron chi connectivity index (χ4n) is 3.04. The minimum absolute atomic E-state index is 0.131. The maximum absolute atomic E-state index is 14.9. The van der Waals surface area contributed by atoms with Crippen LogP contribution in [0, 0.1) is 29.9 Å². The van der Waals surface area contributed by atoms with Crippen LogP contribution in [0.25, 0.3) is 21.8 Å². The monoisotopic (exact) mass is 451 g/mol. The first kappa shape index (κ1) is 21.3. The van der Waals surface area contributed by atoms with Crippen molar-refractivity contribution >= 4 is 11.3 Å². The minimum atomic E-state index is -0.895. The number of thiazole rings is 1. The minimum Gasteiger partial charge on any atom is -0.492 e. The number of hydrogen-bond donors (Lipinski definition) is 0. The Morgan fingerprint density at radius 2 is 1.84 bits per heavy atom. The van der Waals surface area contributed by atoms with Crippen molar-refractivity contribution in [3.63, 3.8) is 0 Å². The fourth-order valence-corrected chi connectivity index (χ4v) is 3.99. The van der Waals surface area contributed by atoms with Crippen LogP contribution in [0.3, 0.4) is 0 Å². The van der Waals surface area contributed by atoms with Crippen molar-refractivity contribution in [1.82, 2.24) is 19.9 Å². The van der Waals surface area contributed by atoms with Crippen LogP contribution in [-0.4, -0.2) is 27.0 Å². The van der Waals surface area contributed by atoms with E-state index in [1.165, 1.54) is 18.4 Å². The van der Waals surface area contributed by atoms with Gasteiger partial charge in [-0.05, 0) is 31.2 Å². The van der Waals surface area contributed by atoms with Crippen molar-refractivity contribution in [2.24, 2.45) is 0 Å². The quantitative estimate of drug-likeness (QED) is 0.419. The number of pyridine rings is 1. The van der Waals surface area contributed by atoms with Gasteiger partial charge in [0.05, 0.1) is 29.1 Å². The average molecular weight is 451 g/mol. The molecule has 4 rings (SSSR count). The summed E-state index contributed by atoms with van der Waals surface area (Å²) in [5.74, 6) is -2.17. The fraction of sp³-hybridized carbons (Fsp3) is 0.136. The molecule has 0 aliphatic rings. The number of ether oxygens (including phenoxy) is 2. The van der Waals surface area contributed by atoms with Crippen LogP contribution >= 0.6 is 11.3 Å². The molecule has 0 radical (unpaired) electrons. The normalized spacial score (nSPS) is 10.6. The van der Waals surface area contributed by atoms with Gasteiger partial charge in [-0.25, -0.2) is 28.7 Å². The van der Waals surface area contributed by atoms with Gasteiger partial charge >= 0.3 is 6.01 Å². The number of nitriles is 1. The number of aryl methyl sites for hydroxylation is 1. The molecular formula is C22H15F2N5O2S. The lowest BCUT2D eigenvalue weighted by Crippen LogP contribution is -2.00. The maximum Gasteiger partial charge on any atom is 0.316 e. The molecule has 32 heavy (non-hydrogen) atoms. The SMILES string of the molecule is COc1c(F)cc(-c2cccc(-c3sc(COc4ncccn4)nc3C)n2)c(F)c1C#N. The van der Waals surface area contributed by atoms with Gasteiger partial charge in [0.2, 0.25) is 0 Å². The van der Waals surface area contributed by atoms with Crippen molar-refractivity contribution in [3.05, 3.63) is 70.6 Å². The van der Waals surface area contributed by atoms with Crippen LogP contribution in [0.2, 0.25) is 0 Å². The highest BCUT2D eigenvalue weighted by atomic mass is 32.1. The van der Waals surface area contributed by atoms with Gasteiger partial charge in [0.15, 0.2) is 17.4 Å². The molecule has 0 unspecified atom stereocenters. The molecule has 0 bridgehead atoms. The van der Waals surface area contributed by atoms with Crippen LogP contribution in [0.4, 0.5) is 8.78 Å². The van der Waals surface area contributed by atoms with E-state index >= 15 is 0 Å². The van der Waals surface area contributed by atoms with Gasteiger partial charge in [0.25, 0.3) is 0 Å². The summed E-state index contributed by atoms with van der Waals surface area (Å²) in [5, 5.41) is 9.93. The molecule has 0 saturated heterocycles. The smallest absolute Gasteiger partial charge is 0.316 e. The summed E-state index contributed by atoms with van der Waals surface area (Å²) >= 11 is 1.36. The highest BCUT2D eigenvalue weighted by Crippen LogP contribution is 2.35. The standard InChI is InChI=1S/C22H15F2N5O2S/c1-12-21(32-18(28-12)11-31-22-26-7-4-8-27-22)17-6-3-5-16(29-17)13-9-15(23)20(30-2)14(10-25)19(13)24/h3-9H,11H2,1-2H3. The summed E-state index contributed by atoms with van der Waals surface area (Å²) in [6.45, 7) is 2.00. The lowest BCUT2D eigenvalue weighted by atomic mass is 10.0. The van der Waals surface area contributed by atoms with Crippen molar-refractivity contribution in [3.8, 4) is 39.7 Å². The van der Waals surface area contributed by atoms with Gasteiger partial charge in [-0.3, -0.25) is 0 Å². The second-order valence-corrected chi connectivity index (χ2v) is 7.57. The molecule has 4 aromatic rings. The molecule has 0 N–H and O–H groups in total. The van der Waals surface area contributed by atoms with Crippen LogP contribution < -0.4 is 9.47 Å². The highest BCUT2D eigenvalue weighted by molar-refractivity contribution is 7.15. The predicted octanol–water partition coefficient (Wildman–Crippen LogP) is 4.71. The maximum atomic E-state index is 14.9. The Hall–Kier alpha value is -3.97. The summed E-state index contributed by atoms with van der Waals surface area (Å²) in [7, 11) is 1.18. The Morgan fingerprint density at radius 3 is 2.56 bits per heavy atom. The molecule has 0 saturated carbocycles. The summed E-state index contributed by atoms with van der Waals surface area (Å²) in [5.41, 5.74) is 0.793. The Morgan fingerprint density at radius 1 is 1.09 bits per heavy atom. The number of nitrogens with zero attached hydrogens (tertiary/aromatic N) is 5. The van der Waals surface area contributed by atoms with E-state index in [0.29, 0.717) is 16.4 Å². The summed E-state index contributed by atoms with van der Waals surface area (Å²) in [6.07, 6.45) is 3.16. The molecule has 3 aromatic heterocycles. The third kappa shape index (κ3) is 4.10. The van der Waals surface area contributed by atoms with E-state index in [0.717, 1.165) is 10.9 Å². The largest absolute Gasteiger partial charge is 0.492 e. The molecule has 3 heterocycles. The lowest BCUT2D eigenvalue weighted by Gasteiger charge is -2.10. The Bertz CT molecular complexity index is 1320. The zero-order chi connectivity index (χ0) is 22.7. The first-order valence-electron chi connectivity index (χ1n) is 9.31. The molecule has 0 amide bonds. The molecule has 0 atom stereocenters. The van der Waals surface area contributed by atoms with Crippen molar-refractivity contribution in [2.45, 2.75) is 13.5 Å². The Labute approximate surface area is 186 Å². The summed E-state index contributed by atoms with van der Waals surface area (Å²) in [4.78, 5) is 17.7. The molecular weight excluding hydrogens is 436 g/mol. The third-order valence-corrected chi connectivity index (χ3v) is 5.61. The number of methoxy groups -OCH3 is 1. The lowest BCUT2D eigenvalue weighted by molar-refractivity contribution is 0.280. The van der Waals surface area contributed by atoms with Gasteiger partial charge < -0.3 is 9.47 Å². The summed E-state index contributed by atoms with van der Waals surface area (Å²) < 4.78 is 39.7. The van der Waals surface area contributed by atoms with E-state index in [-0.39, 0.29) is 23.9 Å². The predicted molar refractivity (Wildman–Crippen MR) is 113 cm³/mol. The Balaban J connectivity index is 1.67. The molecule has 1 aromatic carbocycles. The van der Waals surface area contributed by atoms with E-state index in [4.69, 9.17) is 9.47 Å². The van der Waals surface area contributed by atoms with E-state index in [9.17, 15) is 14.0 Å². The second-order valence-electron chi connectivity index (χ2n) is 6.49. The van der Waals surface area contributed by atoms with Crippen LogP contribution in [0.1, 0.15) is 16.3 Å².